The number of carbonyl (C=O) groups is 1. The van der Waals surface area contributed by atoms with Gasteiger partial charge in [0.25, 0.3) is 0 Å². The summed E-state index contributed by atoms with van der Waals surface area (Å²) in [4.78, 5) is 25.2. The quantitative estimate of drug-likeness (QED) is 0.446. The summed E-state index contributed by atoms with van der Waals surface area (Å²) in [6.45, 7) is 1.57. The van der Waals surface area contributed by atoms with Crippen LogP contribution >= 0.6 is 0 Å². The third-order valence-electron chi connectivity index (χ3n) is 5.95. The van der Waals surface area contributed by atoms with E-state index in [1.165, 1.54) is 0 Å². The lowest BCUT2D eigenvalue weighted by Crippen LogP contribution is -2.39. The van der Waals surface area contributed by atoms with Crippen LogP contribution in [0, 0.1) is 0 Å². The average molecular weight is 431 g/mol. The maximum Gasteiger partial charge on any atom is 0.243 e. The van der Waals surface area contributed by atoms with Gasteiger partial charge >= 0.3 is 0 Å². The second-order valence-electron chi connectivity index (χ2n) is 8.19. The smallest absolute Gasteiger partial charge is 0.243 e. The van der Waals surface area contributed by atoms with Gasteiger partial charge in [-0.2, -0.15) is 4.98 Å². The van der Waals surface area contributed by atoms with Crippen molar-refractivity contribution < 1.29 is 4.79 Å². The fourth-order valence-electron chi connectivity index (χ4n) is 4.43. The molecule has 0 unspecified atom stereocenters. The van der Waals surface area contributed by atoms with Crippen molar-refractivity contribution in [3.8, 4) is 11.3 Å². The topological polar surface area (TPSA) is 109 Å². The maximum absolute atomic E-state index is 11.3. The molecule has 1 aliphatic rings. The minimum absolute atomic E-state index is 0.0365. The van der Waals surface area contributed by atoms with Crippen LogP contribution in [0.15, 0.2) is 42.7 Å². The molecule has 3 N–H and O–H groups in total. The zero-order chi connectivity index (χ0) is 22.1. The monoisotopic (exact) mass is 430 g/mol. The first-order valence-electron chi connectivity index (χ1n) is 10.9. The van der Waals surface area contributed by atoms with Crippen LogP contribution in [0.4, 0.5) is 11.8 Å². The Kier molecular flexibility index (Phi) is 5.30. The molecule has 4 heterocycles. The number of nitrogens with one attached hydrogen (secondary N) is 3. The number of pyridine rings is 2. The third kappa shape index (κ3) is 3.93. The first-order valence-corrected chi connectivity index (χ1v) is 10.9. The van der Waals surface area contributed by atoms with E-state index in [2.05, 4.69) is 20.9 Å². The Bertz CT molecular complexity index is 1280. The number of carbonyl (C=O) groups excluding carboxylic acids is 1. The van der Waals surface area contributed by atoms with E-state index in [0.29, 0.717) is 5.95 Å². The van der Waals surface area contributed by atoms with Crippen LogP contribution < -0.4 is 16.0 Å². The van der Waals surface area contributed by atoms with Gasteiger partial charge in [-0.3, -0.25) is 9.78 Å². The molecule has 5 rings (SSSR count). The van der Waals surface area contributed by atoms with Gasteiger partial charge in [-0.1, -0.05) is 0 Å². The molecule has 0 bridgehead atoms. The molecule has 32 heavy (non-hydrogen) atoms. The van der Waals surface area contributed by atoms with Crippen molar-refractivity contribution in [2.75, 3.05) is 17.7 Å². The molecule has 0 aromatic carbocycles. The summed E-state index contributed by atoms with van der Waals surface area (Å²) in [6, 6.07) is 10.4. The van der Waals surface area contributed by atoms with Crippen LogP contribution in [0.25, 0.3) is 27.8 Å². The maximum atomic E-state index is 11.3. The number of aromatic nitrogens is 5. The zero-order valence-corrected chi connectivity index (χ0v) is 18.2. The standard InChI is InChI=1S/C23H26N8O/c1-14(32)26-15-5-7-16(8-6-15)27-23-29-22(24-2)21-17(11-13-31(21)30-23)18-9-10-19-20(28-18)4-3-12-25-19/h3-4,9-13,15-16H,5-8H2,1-2H3,(H,26,32)(H2,24,27,29,30). The molecule has 9 nitrogen and oxygen atoms in total. The Morgan fingerprint density at radius 2 is 1.84 bits per heavy atom. The largest absolute Gasteiger partial charge is 0.371 e. The number of fused-ring (bicyclic) bond motifs is 2. The predicted octanol–water partition coefficient (Wildman–Crippen LogP) is 3.24. The first kappa shape index (κ1) is 20.2. The molecule has 0 radical (unpaired) electrons. The van der Waals surface area contributed by atoms with Crippen LogP contribution in [-0.4, -0.2) is 49.6 Å². The van der Waals surface area contributed by atoms with Gasteiger partial charge in [0, 0.05) is 44.0 Å². The van der Waals surface area contributed by atoms with Gasteiger partial charge in [-0.15, -0.1) is 5.10 Å². The molecular weight excluding hydrogens is 404 g/mol. The van der Waals surface area contributed by atoms with Crippen molar-refractivity contribution >= 4 is 34.2 Å². The molecule has 1 amide bonds. The summed E-state index contributed by atoms with van der Waals surface area (Å²) in [5, 5.41) is 14.4. The number of anilines is 2. The average Bonchev–Trinajstić information content (AvgIpc) is 3.23. The number of amides is 1. The van der Waals surface area contributed by atoms with E-state index in [1.807, 2.05) is 48.1 Å². The van der Waals surface area contributed by atoms with Crippen LogP contribution in [0.1, 0.15) is 32.6 Å². The second-order valence-corrected chi connectivity index (χ2v) is 8.19. The summed E-state index contributed by atoms with van der Waals surface area (Å²) in [5.74, 6) is 1.36. The van der Waals surface area contributed by atoms with Gasteiger partial charge < -0.3 is 16.0 Å². The van der Waals surface area contributed by atoms with Crippen LogP contribution in [0.3, 0.4) is 0 Å². The lowest BCUT2D eigenvalue weighted by atomic mass is 9.91. The number of nitrogens with zero attached hydrogens (tertiary/aromatic N) is 5. The highest BCUT2D eigenvalue weighted by Gasteiger charge is 2.23. The summed E-state index contributed by atoms with van der Waals surface area (Å²) in [5.41, 5.74) is 4.41. The highest BCUT2D eigenvalue weighted by molar-refractivity contribution is 5.89. The molecule has 0 atom stereocenters. The molecule has 4 aromatic heterocycles. The van der Waals surface area contributed by atoms with E-state index in [9.17, 15) is 4.79 Å². The van der Waals surface area contributed by atoms with Gasteiger partial charge in [-0.05, 0) is 56.0 Å². The Balaban J connectivity index is 1.41. The van der Waals surface area contributed by atoms with E-state index in [-0.39, 0.29) is 18.0 Å². The van der Waals surface area contributed by atoms with Crippen molar-refractivity contribution in [1.29, 1.82) is 0 Å². The number of rotatable bonds is 5. The normalized spacial score (nSPS) is 18.6. The van der Waals surface area contributed by atoms with Crippen molar-refractivity contribution in [3.05, 3.63) is 42.7 Å². The summed E-state index contributed by atoms with van der Waals surface area (Å²) in [6.07, 6.45) is 7.54. The van der Waals surface area contributed by atoms with Crippen molar-refractivity contribution in [2.45, 2.75) is 44.7 Å². The molecule has 0 spiro atoms. The Morgan fingerprint density at radius 3 is 2.62 bits per heavy atom. The number of hydrogen-bond acceptors (Lipinski definition) is 7. The molecule has 1 saturated carbocycles. The van der Waals surface area contributed by atoms with Gasteiger partial charge in [0.2, 0.25) is 11.9 Å². The highest BCUT2D eigenvalue weighted by Crippen LogP contribution is 2.30. The van der Waals surface area contributed by atoms with Crippen molar-refractivity contribution in [1.82, 2.24) is 29.9 Å². The third-order valence-corrected chi connectivity index (χ3v) is 5.95. The molecule has 0 saturated heterocycles. The Morgan fingerprint density at radius 1 is 1.03 bits per heavy atom. The lowest BCUT2D eigenvalue weighted by molar-refractivity contribution is -0.119. The Hall–Kier alpha value is -3.75. The molecule has 0 aliphatic heterocycles. The predicted molar refractivity (Wildman–Crippen MR) is 125 cm³/mol. The van der Waals surface area contributed by atoms with Gasteiger partial charge in [0.1, 0.15) is 5.52 Å². The van der Waals surface area contributed by atoms with E-state index in [1.54, 1.807) is 13.1 Å². The fourth-order valence-corrected chi connectivity index (χ4v) is 4.43. The van der Waals surface area contributed by atoms with Gasteiger partial charge in [0.05, 0.1) is 16.7 Å². The number of hydrogen-bond donors (Lipinski definition) is 3. The minimum Gasteiger partial charge on any atom is -0.371 e. The van der Waals surface area contributed by atoms with Crippen LogP contribution in [0.2, 0.25) is 0 Å². The SMILES string of the molecule is CNc1nc(NC2CCC(NC(C)=O)CC2)nn2ccc(-c3ccc4ncccc4n3)c12. The highest BCUT2D eigenvalue weighted by atomic mass is 16.1. The summed E-state index contributed by atoms with van der Waals surface area (Å²) < 4.78 is 1.84. The van der Waals surface area contributed by atoms with Crippen molar-refractivity contribution in [3.63, 3.8) is 0 Å². The fraction of sp³-hybridized carbons (Fsp3) is 0.348. The van der Waals surface area contributed by atoms with Gasteiger partial charge in [-0.25, -0.2) is 9.50 Å². The Labute approximate surface area is 185 Å². The molecule has 164 valence electrons. The zero-order valence-electron chi connectivity index (χ0n) is 18.2. The molecule has 4 aromatic rings. The second kappa shape index (κ2) is 8.41. The van der Waals surface area contributed by atoms with Gasteiger partial charge in [0.15, 0.2) is 5.82 Å². The minimum atomic E-state index is 0.0365. The van der Waals surface area contributed by atoms with E-state index >= 15 is 0 Å². The summed E-state index contributed by atoms with van der Waals surface area (Å²) in [7, 11) is 1.86. The summed E-state index contributed by atoms with van der Waals surface area (Å²) >= 11 is 0. The van der Waals surface area contributed by atoms with E-state index < -0.39 is 0 Å². The van der Waals surface area contributed by atoms with Crippen molar-refractivity contribution in [2.24, 2.45) is 0 Å². The molecule has 9 heteroatoms. The first-order chi connectivity index (χ1) is 15.6. The molecule has 1 aliphatic carbocycles. The molecular formula is C23H26N8O. The van der Waals surface area contributed by atoms with Crippen LogP contribution in [-0.2, 0) is 4.79 Å². The van der Waals surface area contributed by atoms with E-state index in [0.717, 1.165) is 59.3 Å². The van der Waals surface area contributed by atoms with E-state index in [4.69, 9.17) is 15.1 Å². The lowest BCUT2D eigenvalue weighted by Gasteiger charge is -2.29. The molecule has 1 fully saturated rings. The van der Waals surface area contributed by atoms with Crippen LogP contribution in [0.5, 0.6) is 0 Å².